The summed E-state index contributed by atoms with van der Waals surface area (Å²) < 4.78 is 0. The van der Waals surface area contributed by atoms with Crippen molar-refractivity contribution in [3.05, 3.63) is 23.9 Å². The van der Waals surface area contributed by atoms with E-state index in [-0.39, 0.29) is 0 Å². The van der Waals surface area contributed by atoms with Gasteiger partial charge in [0.1, 0.15) is 11.4 Å². The molecule has 2 aliphatic heterocycles. The molecule has 0 saturated carbocycles. The number of piperidine rings is 2. The highest BCUT2D eigenvalue weighted by molar-refractivity contribution is 5.93. The first-order valence-corrected chi connectivity index (χ1v) is 7.30. The maximum atomic E-state index is 11.3. The Kier molecular flexibility index (Phi) is 3.61. The average Bonchev–Trinajstić information content (AvgIpc) is 2.47. The molecule has 0 radical (unpaired) electrons. The Morgan fingerprint density at radius 3 is 3.05 bits per heavy atom. The predicted octanol–water partition coefficient (Wildman–Crippen LogP) is 1.70. The number of hydrogen-bond donors (Lipinski definition) is 1. The largest absolute Gasteiger partial charge is 0.478 e. The van der Waals surface area contributed by atoms with E-state index in [4.69, 9.17) is 0 Å². The fourth-order valence-corrected chi connectivity index (χ4v) is 3.66. The van der Waals surface area contributed by atoms with Gasteiger partial charge in [0, 0.05) is 25.3 Å². The molecular weight excluding hydrogens is 254 g/mol. The van der Waals surface area contributed by atoms with E-state index in [1.807, 2.05) is 0 Å². The van der Waals surface area contributed by atoms with Crippen LogP contribution >= 0.6 is 0 Å². The summed E-state index contributed by atoms with van der Waals surface area (Å²) in [4.78, 5) is 20.3. The molecule has 0 amide bonds. The third kappa shape index (κ3) is 2.38. The molecule has 3 heterocycles. The van der Waals surface area contributed by atoms with E-state index in [0.29, 0.717) is 23.3 Å². The molecule has 2 atom stereocenters. The minimum atomic E-state index is -0.893. The SMILES string of the molecule is CN1CCCC2CN(c3ncccc3C(=O)O)CCC21. The molecule has 3 rings (SSSR count). The Labute approximate surface area is 119 Å². The van der Waals surface area contributed by atoms with Gasteiger partial charge in [-0.25, -0.2) is 9.78 Å². The van der Waals surface area contributed by atoms with Gasteiger partial charge in [0.05, 0.1) is 0 Å². The molecule has 5 heteroatoms. The van der Waals surface area contributed by atoms with Crippen molar-refractivity contribution in [3.63, 3.8) is 0 Å². The fraction of sp³-hybridized carbons (Fsp3) is 0.600. The molecule has 2 fully saturated rings. The Hall–Kier alpha value is -1.62. The minimum Gasteiger partial charge on any atom is -0.478 e. The number of nitrogens with zero attached hydrogens (tertiary/aromatic N) is 3. The first-order chi connectivity index (χ1) is 9.66. The van der Waals surface area contributed by atoms with Gasteiger partial charge >= 0.3 is 5.97 Å². The van der Waals surface area contributed by atoms with E-state index in [1.54, 1.807) is 18.3 Å². The molecule has 0 bridgehead atoms. The van der Waals surface area contributed by atoms with Gasteiger partial charge in [-0.1, -0.05) is 0 Å². The zero-order valence-electron chi connectivity index (χ0n) is 11.8. The zero-order chi connectivity index (χ0) is 14.1. The van der Waals surface area contributed by atoms with Gasteiger partial charge in [-0.2, -0.15) is 0 Å². The van der Waals surface area contributed by atoms with Gasteiger partial charge in [0.15, 0.2) is 0 Å². The molecule has 0 aliphatic carbocycles. The van der Waals surface area contributed by atoms with Crippen molar-refractivity contribution in [1.82, 2.24) is 9.88 Å². The van der Waals surface area contributed by atoms with Gasteiger partial charge in [0.2, 0.25) is 0 Å². The van der Waals surface area contributed by atoms with E-state index in [1.165, 1.54) is 19.4 Å². The summed E-state index contributed by atoms with van der Waals surface area (Å²) >= 11 is 0. The van der Waals surface area contributed by atoms with Crippen LogP contribution in [0.25, 0.3) is 0 Å². The summed E-state index contributed by atoms with van der Waals surface area (Å²) in [7, 11) is 2.20. The van der Waals surface area contributed by atoms with E-state index in [9.17, 15) is 9.90 Å². The lowest BCUT2D eigenvalue weighted by Crippen LogP contribution is -2.53. The first kappa shape index (κ1) is 13.4. The van der Waals surface area contributed by atoms with Gasteiger partial charge in [0.25, 0.3) is 0 Å². The number of rotatable bonds is 2. The zero-order valence-corrected chi connectivity index (χ0v) is 11.8. The quantitative estimate of drug-likeness (QED) is 0.890. The van der Waals surface area contributed by atoms with Gasteiger partial charge in [-0.05, 0) is 50.9 Å². The molecule has 1 aromatic rings. The summed E-state index contributed by atoms with van der Waals surface area (Å²) in [6, 6.07) is 3.98. The van der Waals surface area contributed by atoms with Crippen LogP contribution in [0, 0.1) is 5.92 Å². The van der Waals surface area contributed by atoms with Crippen LogP contribution in [0.5, 0.6) is 0 Å². The maximum absolute atomic E-state index is 11.3. The highest BCUT2D eigenvalue weighted by atomic mass is 16.4. The standard InChI is InChI=1S/C15H21N3O2/c1-17-8-3-4-11-10-18(9-6-13(11)17)14-12(15(19)20)5-2-7-16-14/h2,5,7,11,13H,3-4,6,8-10H2,1H3,(H,19,20). The molecule has 2 unspecified atom stereocenters. The molecule has 20 heavy (non-hydrogen) atoms. The number of pyridine rings is 1. The van der Waals surface area contributed by atoms with Gasteiger partial charge < -0.3 is 14.9 Å². The Balaban J connectivity index is 1.81. The molecule has 2 saturated heterocycles. The minimum absolute atomic E-state index is 0.315. The van der Waals surface area contributed by atoms with Crippen LogP contribution in [0.1, 0.15) is 29.6 Å². The lowest BCUT2D eigenvalue weighted by atomic mass is 9.84. The second-order valence-corrected chi connectivity index (χ2v) is 5.86. The second-order valence-electron chi connectivity index (χ2n) is 5.86. The molecule has 0 spiro atoms. The summed E-state index contributed by atoms with van der Waals surface area (Å²) in [5.41, 5.74) is 0.315. The molecular formula is C15H21N3O2. The Bertz CT molecular complexity index is 506. The van der Waals surface area contributed by atoms with Crippen LogP contribution in [0.15, 0.2) is 18.3 Å². The summed E-state index contributed by atoms with van der Waals surface area (Å²) in [5, 5.41) is 9.30. The van der Waals surface area contributed by atoms with Crippen molar-refractivity contribution in [2.75, 3.05) is 31.6 Å². The highest BCUT2D eigenvalue weighted by Crippen LogP contribution is 2.32. The normalized spacial score (nSPS) is 27.1. The number of carbonyl (C=O) groups is 1. The second kappa shape index (κ2) is 5.40. The first-order valence-electron chi connectivity index (χ1n) is 7.30. The number of aromatic nitrogens is 1. The number of carboxylic acid groups (broad SMARTS) is 1. The molecule has 1 aromatic heterocycles. The highest BCUT2D eigenvalue weighted by Gasteiger charge is 2.35. The average molecular weight is 275 g/mol. The number of fused-ring (bicyclic) bond motifs is 1. The van der Waals surface area contributed by atoms with Crippen molar-refractivity contribution in [1.29, 1.82) is 0 Å². The summed E-state index contributed by atoms with van der Waals surface area (Å²) in [5.74, 6) is 0.369. The van der Waals surface area contributed by atoms with E-state index < -0.39 is 5.97 Å². The molecule has 108 valence electrons. The smallest absolute Gasteiger partial charge is 0.339 e. The van der Waals surface area contributed by atoms with E-state index >= 15 is 0 Å². The topological polar surface area (TPSA) is 56.7 Å². The van der Waals surface area contributed by atoms with Crippen molar-refractivity contribution in [2.45, 2.75) is 25.3 Å². The van der Waals surface area contributed by atoms with Gasteiger partial charge in [-0.3, -0.25) is 0 Å². The predicted molar refractivity (Wildman–Crippen MR) is 77.2 cm³/mol. The summed E-state index contributed by atoms with van der Waals surface area (Å²) in [6.45, 7) is 3.00. The van der Waals surface area contributed by atoms with Crippen LogP contribution in [0.2, 0.25) is 0 Å². The van der Waals surface area contributed by atoms with Crippen LogP contribution in [-0.4, -0.2) is 53.7 Å². The van der Waals surface area contributed by atoms with Crippen molar-refractivity contribution in [2.24, 2.45) is 5.92 Å². The number of hydrogen-bond acceptors (Lipinski definition) is 4. The van der Waals surface area contributed by atoms with Crippen LogP contribution in [0.4, 0.5) is 5.82 Å². The molecule has 2 aliphatic rings. The van der Waals surface area contributed by atoms with Crippen LogP contribution in [0.3, 0.4) is 0 Å². The fourth-order valence-electron chi connectivity index (χ4n) is 3.66. The monoisotopic (exact) mass is 275 g/mol. The third-order valence-electron chi connectivity index (χ3n) is 4.66. The van der Waals surface area contributed by atoms with E-state index in [0.717, 1.165) is 19.5 Å². The summed E-state index contributed by atoms with van der Waals surface area (Å²) in [6.07, 6.45) is 5.25. The number of likely N-dealkylation sites (tertiary alicyclic amines) is 1. The van der Waals surface area contributed by atoms with Crippen LogP contribution in [-0.2, 0) is 0 Å². The van der Waals surface area contributed by atoms with Crippen LogP contribution < -0.4 is 4.90 Å². The third-order valence-corrected chi connectivity index (χ3v) is 4.66. The number of carboxylic acids is 1. The van der Waals surface area contributed by atoms with Crippen molar-refractivity contribution in [3.8, 4) is 0 Å². The Morgan fingerprint density at radius 2 is 2.25 bits per heavy atom. The van der Waals surface area contributed by atoms with Crippen molar-refractivity contribution < 1.29 is 9.90 Å². The van der Waals surface area contributed by atoms with Gasteiger partial charge in [-0.15, -0.1) is 0 Å². The lowest BCUT2D eigenvalue weighted by Gasteiger charge is -2.46. The molecule has 0 aromatic carbocycles. The number of aromatic carboxylic acids is 1. The Morgan fingerprint density at radius 1 is 1.40 bits per heavy atom. The lowest BCUT2D eigenvalue weighted by molar-refractivity contribution is 0.0696. The number of anilines is 1. The maximum Gasteiger partial charge on any atom is 0.339 e. The van der Waals surface area contributed by atoms with Crippen molar-refractivity contribution >= 4 is 11.8 Å². The van der Waals surface area contributed by atoms with E-state index in [2.05, 4.69) is 21.8 Å². The molecule has 1 N–H and O–H groups in total. The molecule has 5 nitrogen and oxygen atoms in total.